The van der Waals surface area contributed by atoms with Crippen molar-refractivity contribution in [1.29, 1.82) is 0 Å². The summed E-state index contributed by atoms with van der Waals surface area (Å²) in [6, 6.07) is 6.73. The number of nitrogen functional groups attached to an aromatic ring is 1. The SMILES string of the molecule is CCN(Cc1cccs1)S(=O)(=O)c1cc(Cl)cc(N)c1Br. The maximum absolute atomic E-state index is 12.8. The Bertz CT molecular complexity index is 733. The van der Waals surface area contributed by atoms with Gasteiger partial charge in [-0.3, -0.25) is 0 Å². The molecule has 114 valence electrons. The fraction of sp³-hybridized carbons (Fsp3) is 0.231. The van der Waals surface area contributed by atoms with Gasteiger partial charge < -0.3 is 5.73 Å². The van der Waals surface area contributed by atoms with Crippen molar-refractivity contribution in [3.05, 3.63) is 44.0 Å². The lowest BCUT2D eigenvalue weighted by atomic mass is 10.3. The number of sulfonamides is 1. The third-order valence-electron chi connectivity index (χ3n) is 2.91. The molecule has 0 unspecified atom stereocenters. The van der Waals surface area contributed by atoms with E-state index in [1.807, 2.05) is 17.5 Å². The van der Waals surface area contributed by atoms with Crippen LogP contribution in [0, 0.1) is 0 Å². The summed E-state index contributed by atoms with van der Waals surface area (Å²) < 4.78 is 27.3. The van der Waals surface area contributed by atoms with Gasteiger partial charge in [-0.05, 0) is 39.5 Å². The van der Waals surface area contributed by atoms with Crippen LogP contribution in [-0.2, 0) is 16.6 Å². The summed E-state index contributed by atoms with van der Waals surface area (Å²) in [7, 11) is -3.67. The maximum atomic E-state index is 12.8. The van der Waals surface area contributed by atoms with Crippen LogP contribution in [0.5, 0.6) is 0 Å². The van der Waals surface area contributed by atoms with E-state index in [0.29, 0.717) is 28.3 Å². The Morgan fingerprint density at radius 3 is 2.71 bits per heavy atom. The Hall–Kier alpha value is -0.600. The Balaban J connectivity index is 2.44. The molecule has 2 aromatic rings. The first kappa shape index (κ1) is 16.8. The van der Waals surface area contributed by atoms with Gasteiger partial charge in [0.25, 0.3) is 0 Å². The van der Waals surface area contributed by atoms with Gasteiger partial charge >= 0.3 is 0 Å². The smallest absolute Gasteiger partial charge is 0.244 e. The molecule has 8 heteroatoms. The van der Waals surface area contributed by atoms with Crippen molar-refractivity contribution in [1.82, 2.24) is 4.31 Å². The second kappa shape index (κ2) is 6.66. The molecule has 0 spiro atoms. The van der Waals surface area contributed by atoms with Gasteiger partial charge in [0.1, 0.15) is 0 Å². The fourth-order valence-corrected chi connectivity index (χ4v) is 5.34. The van der Waals surface area contributed by atoms with E-state index >= 15 is 0 Å². The molecule has 0 saturated carbocycles. The molecule has 2 N–H and O–H groups in total. The summed E-state index contributed by atoms with van der Waals surface area (Å²) in [5.74, 6) is 0. The van der Waals surface area contributed by atoms with Crippen molar-refractivity contribution in [2.75, 3.05) is 12.3 Å². The topological polar surface area (TPSA) is 63.4 Å². The fourth-order valence-electron chi connectivity index (χ4n) is 1.85. The predicted octanol–water partition coefficient (Wildman–Crippen LogP) is 3.96. The number of benzene rings is 1. The van der Waals surface area contributed by atoms with Crippen molar-refractivity contribution in [3.63, 3.8) is 0 Å². The quantitative estimate of drug-likeness (QED) is 0.760. The lowest BCUT2D eigenvalue weighted by Crippen LogP contribution is -2.30. The second-order valence-corrected chi connectivity index (χ2v) is 8.49. The third-order valence-corrected chi connectivity index (χ3v) is 7.09. The molecule has 4 nitrogen and oxygen atoms in total. The molecule has 0 saturated heterocycles. The van der Waals surface area contributed by atoms with Crippen LogP contribution in [0.1, 0.15) is 11.8 Å². The Labute approximate surface area is 141 Å². The van der Waals surface area contributed by atoms with Gasteiger partial charge in [0.15, 0.2) is 0 Å². The molecule has 2 rings (SSSR count). The Kier molecular flexibility index (Phi) is 5.32. The summed E-state index contributed by atoms with van der Waals surface area (Å²) in [5.41, 5.74) is 6.08. The molecule has 0 amide bonds. The number of hydrogen-bond donors (Lipinski definition) is 1. The minimum Gasteiger partial charge on any atom is -0.398 e. The van der Waals surface area contributed by atoms with Crippen LogP contribution in [0.4, 0.5) is 5.69 Å². The van der Waals surface area contributed by atoms with Gasteiger partial charge in [0.2, 0.25) is 10.0 Å². The highest BCUT2D eigenvalue weighted by Crippen LogP contribution is 2.33. The molecule has 1 heterocycles. The van der Waals surface area contributed by atoms with Crippen molar-refractivity contribution >= 4 is 54.6 Å². The highest BCUT2D eigenvalue weighted by atomic mass is 79.9. The van der Waals surface area contributed by atoms with Crippen molar-refractivity contribution in [2.45, 2.75) is 18.4 Å². The van der Waals surface area contributed by atoms with Gasteiger partial charge in [-0.25, -0.2) is 8.42 Å². The van der Waals surface area contributed by atoms with Gasteiger partial charge in [-0.15, -0.1) is 11.3 Å². The van der Waals surface area contributed by atoms with E-state index in [4.69, 9.17) is 17.3 Å². The molecular formula is C13H14BrClN2O2S2. The first-order valence-corrected chi connectivity index (χ1v) is 9.62. The lowest BCUT2D eigenvalue weighted by Gasteiger charge is -2.21. The first-order valence-electron chi connectivity index (χ1n) is 6.13. The molecule has 0 radical (unpaired) electrons. The van der Waals surface area contributed by atoms with Crippen molar-refractivity contribution in [2.24, 2.45) is 0 Å². The number of rotatable bonds is 5. The lowest BCUT2D eigenvalue weighted by molar-refractivity contribution is 0.426. The van der Waals surface area contributed by atoms with Crippen LogP contribution in [0.2, 0.25) is 5.02 Å². The number of thiophene rings is 1. The van der Waals surface area contributed by atoms with E-state index in [-0.39, 0.29) is 4.90 Å². The molecule has 21 heavy (non-hydrogen) atoms. The van der Waals surface area contributed by atoms with Crippen molar-refractivity contribution < 1.29 is 8.42 Å². The highest BCUT2D eigenvalue weighted by Gasteiger charge is 2.27. The number of nitrogens with zero attached hydrogens (tertiary/aromatic N) is 1. The van der Waals surface area contributed by atoms with Crippen LogP contribution in [-0.4, -0.2) is 19.3 Å². The van der Waals surface area contributed by atoms with Gasteiger partial charge in [0, 0.05) is 28.7 Å². The second-order valence-electron chi connectivity index (χ2n) is 4.32. The summed E-state index contributed by atoms with van der Waals surface area (Å²) in [6.45, 7) is 2.49. The van der Waals surface area contributed by atoms with E-state index in [9.17, 15) is 8.42 Å². The van der Waals surface area contributed by atoms with Gasteiger partial charge in [-0.1, -0.05) is 24.6 Å². The summed E-state index contributed by atoms with van der Waals surface area (Å²) in [4.78, 5) is 1.07. The minimum atomic E-state index is -3.67. The molecular weight excluding hydrogens is 396 g/mol. The van der Waals surface area contributed by atoms with E-state index < -0.39 is 10.0 Å². The monoisotopic (exact) mass is 408 g/mol. The van der Waals surface area contributed by atoms with E-state index in [1.165, 1.54) is 27.8 Å². The summed E-state index contributed by atoms with van der Waals surface area (Å²) in [6.07, 6.45) is 0. The van der Waals surface area contributed by atoms with Crippen molar-refractivity contribution in [3.8, 4) is 0 Å². The average Bonchev–Trinajstić information content (AvgIpc) is 2.92. The molecule has 1 aromatic heterocycles. The van der Waals surface area contributed by atoms with Gasteiger partial charge in [0.05, 0.1) is 9.37 Å². The van der Waals surface area contributed by atoms with Crippen LogP contribution >= 0.6 is 38.9 Å². The molecule has 1 aromatic carbocycles. The molecule has 0 atom stereocenters. The minimum absolute atomic E-state index is 0.0888. The average molecular weight is 410 g/mol. The van der Waals surface area contributed by atoms with Crippen LogP contribution in [0.15, 0.2) is 39.0 Å². The van der Waals surface area contributed by atoms with Crippen LogP contribution in [0.3, 0.4) is 0 Å². The summed E-state index contributed by atoms with van der Waals surface area (Å²) >= 11 is 10.7. The zero-order valence-corrected chi connectivity index (χ0v) is 15.2. The summed E-state index contributed by atoms with van der Waals surface area (Å²) in [5, 5.41) is 2.21. The number of nitrogens with two attached hydrogens (primary N) is 1. The zero-order chi connectivity index (χ0) is 15.6. The van der Waals surface area contributed by atoms with E-state index in [1.54, 1.807) is 6.92 Å². The van der Waals surface area contributed by atoms with Crippen LogP contribution in [0.25, 0.3) is 0 Å². The zero-order valence-electron chi connectivity index (χ0n) is 11.2. The molecule has 0 aliphatic carbocycles. The molecule has 0 aliphatic rings. The largest absolute Gasteiger partial charge is 0.398 e. The van der Waals surface area contributed by atoms with E-state index in [0.717, 1.165) is 4.88 Å². The maximum Gasteiger partial charge on any atom is 0.244 e. The number of hydrogen-bond acceptors (Lipinski definition) is 4. The number of halogens is 2. The molecule has 0 fully saturated rings. The number of anilines is 1. The van der Waals surface area contributed by atoms with Gasteiger partial charge in [-0.2, -0.15) is 4.31 Å². The highest BCUT2D eigenvalue weighted by molar-refractivity contribution is 9.10. The third kappa shape index (κ3) is 3.60. The Morgan fingerprint density at radius 2 is 2.14 bits per heavy atom. The normalized spacial score (nSPS) is 12.0. The van der Waals surface area contributed by atoms with E-state index in [2.05, 4.69) is 15.9 Å². The predicted molar refractivity (Wildman–Crippen MR) is 91.2 cm³/mol. The molecule has 0 aliphatic heterocycles. The first-order chi connectivity index (χ1) is 9.86. The van der Waals surface area contributed by atoms with Crippen LogP contribution < -0.4 is 5.73 Å². The standard InChI is InChI=1S/C13H14BrClN2O2S2/c1-2-17(8-10-4-3-5-20-10)21(18,19)12-7-9(15)6-11(16)13(12)14/h3-7H,2,8,16H2,1H3. The molecule has 0 bridgehead atoms. The Morgan fingerprint density at radius 1 is 1.43 bits per heavy atom.